The van der Waals surface area contributed by atoms with E-state index in [2.05, 4.69) is 5.32 Å². The van der Waals surface area contributed by atoms with Crippen LogP contribution in [0.1, 0.15) is 25.0 Å². The largest absolute Gasteiger partial charge is 0.548 e. The van der Waals surface area contributed by atoms with Crippen molar-refractivity contribution in [3.63, 3.8) is 0 Å². The van der Waals surface area contributed by atoms with Crippen LogP contribution in [-0.2, 0) is 9.59 Å². The summed E-state index contributed by atoms with van der Waals surface area (Å²) in [6, 6.07) is 4.63. The molecule has 1 rings (SSSR count). The number of hydrogen-bond acceptors (Lipinski definition) is 4. The molecule has 0 aromatic heterocycles. The van der Waals surface area contributed by atoms with Crippen LogP contribution in [0.4, 0.5) is 0 Å². The van der Waals surface area contributed by atoms with E-state index in [-0.39, 0.29) is 12.5 Å². The van der Waals surface area contributed by atoms with E-state index in [9.17, 15) is 14.7 Å². The van der Waals surface area contributed by atoms with E-state index in [1.54, 1.807) is 13.8 Å². The summed E-state index contributed by atoms with van der Waals surface area (Å²) < 4.78 is 5.36. The maximum Gasteiger partial charge on any atom is 0.258 e. The van der Waals surface area contributed by atoms with Crippen molar-refractivity contribution >= 4 is 11.9 Å². The van der Waals surface area contributed by atoms with Gasteiger partial charge in [-0.3, -0.25) is 4.79 Å². The van der Waals surface area contributed by atoms with E-state index >= 15 is 0 Å². The standard InChI is InChI=1S/C15H21NO4/c1-9(2)14(15(18)19)16-13(17)8-20-12-6-10(3)5-11(4)7-12/h5-7,9,14H,8H2,1-4H3,(H,16,17)(H,18,19)/p-1/t14-/m0/s1. The molecule has 1 amide bonds. The first-order valence-electron chi connectivity index (χ1n) is 6.51. The molecule has 0 saturated carbocycles. The lowest BCUT2D eigenvalue weighted by Crippen LogP contribution is -2.51. The van der Waals surface area contributed by atoms with Crippen LogP contribution in [0.3, 0.4) is 0 Å². The van der Waals surface area contributed by atoms with Gasteiger partial charge >= 0.3 is 0 Å². The smallest absolute Gasteiger partial charge is 0.258 e. The van der Waals surface area contributed by atoms with Crippen molar-refractivity contribution in [2.24, 2.45) is 5.92 Å². The van der Waals surface area contributed by atoms with Crippen LogP contribution in [0.15, 0.2) is 18.2 Å². The Morgan fingerprint density at radius 2 is 1.75 bits per heavy atom. The molecule has 0 aliphatic carbocycles. The van der Waals surface area contributed by atoms with Gasteiger partial charge in [0.05, 0.1) is 12.0 Å². The van der Waals surface area contributed by atoms with E-state index in [4.69, 9.17) is 4.74 Å². The molecule has 0 unspecified atom stereocenters. The van der Waals surface area contributed by atoms with Crippen molar-refractivity contribution in [1.29, 1.82) is 0 Å². The molecule has 110 valence electrons. The summed E-state index contributed by atoms with van der Waals surface area (Å²) >= 11 is 0. The molecule has 20 heavy (non-hydrogen) atoms. The molecule has 0 fully saturated rings. The number of carboxylic acid groups (broad SMARTS) is 1. The Bertz CT molecular complexity index is 476. The van der Waals surface area contributed by atoms with Crippen molar-refractivity contribution in [3.05, 3.63) is 29.3 Å². The Kier molecular flexibility index (Phi) is 5.55. The van der Waals surface area contributed by atoms with Crippen LogP contribution >= 0.6 is 0 Å². The monoisotopic (exact) mass is 278 g/mol. The molecule has 1 aromatic carbocycles. The molecule has 0 heterocycles. The highest BCUT2D eigenvalue weighted by Gasteiger charge is 2.17. The first-order valence-corrected chi connectivity index (χ1v) is 6.51. The molecular weight excluding hydrogens is 258 g/mol. The number of rotatable bonds is 6. The van der Waals surface area contributed by atoms with Crippen LogP contribution in [-0.4, -0.2) is 24.5 Å². The lowest BCUT2D eigenvalue weighted by atomic mass is 10.1. The molecule has 0 aliphatic rings. The summed E-state index contributed by atoms with van der Waals surface area (Å²) in [6.07, 6.45) is 0. The Balaban J connectivity index is 2.56. The number of amides is 1. The van der Waals surface area contributed by atoms with E-state index in [0.717, 1.165) is 11.1 Å². The highest BCUT2D eigenvalue weighted by atomic mass is 16.5. The Morgan fingerprint density at radius 1 is 1.20 bits per heavy atom. The fraction of sp³-hybridized carbons (Fsp3) is 0.467. The summed E-state index contributed by atoms with van der Waals surface area (Å²) in [5.74, 6) is -1.43. The van der Waals surface area contributed by atoms with Crippen molar-refractivity contribution in [3.8, 4) is 5.75 Å². The molecule has 1 atom stereocenters. The van der Waals surface area contributed by atoms with Gasteiger partial charge in [0.2, 0.25) is 0 Å². The van der Waals surface area contributed by atoms with E-state index in [0.29, 0.717) is 5.75 Å². The van der Waals surface area contributed by atoms with Gasteiger partial charge in [0.25, 0.3) is 5.91 Å². The van der Waals surface area contributed by atoms with Gasteiger partial charge in [0.1, 0.15) is 5.75 Å². The molecular formula is C15H20NO4-. The number of benzene rings is 1. The number of nitrogens with one attached hydrogen (secondary N) is 1. The minimum atomic E-state index is -1.29. The third kappa shape index (κ3) is 4.91. The Morgan fingerprint density at radius 3 is 2.20 bits per heavy atom. The summed E-state index contributed by atoms with van der Waals surface area (Å²) in [6.45, 7) is 7.05. The summed E-state index contributed by atoms with van der Waals surface area (Å²) in [5.41, 5.74) is 2.07. The predicted octanol–water partition coefficient (Wildman–Crippen LogP) is 0.573. The van der Waals surface area contributed by atoms with E-state index < -0.39 is 17.9 Å². The third-order valence-electron chi connectivity index (χ3n) is 2.80. The Hall–Kier alpha value is -2.04. The highest BCUT2D eigenvalue weighted by Crippen LogP contribution is 2.16. The fourth-order valence-electron chi connectivity index (χ4n) is 1.88. The number of hydrogen-bond donors (Lipinski definition) is 1. The molecule has 0 spiro atoms. The van der Waals surface area contributed by atoms with Crippen LogP contribution in [0.5, 0.6) is 5.75 Å². The van der Waals surface area contributed by atoms with Crippen LogP contribution < -0.4 is 15.2 Å². The number of carbonyl (C=O) groups excluding carboxylic acids is 2. The lowest BCUT2D eigenvalue weighted by molar-refractivity contribution is -0.309. The number of carbonyl (C=O) groups is 2. The Labute approximate surface area is 118 Å². The zero-order valence-electron chi connectivity index (χ0n) is 12.2. The minimum absolute atomic E-state index is 0.223. The number of carboxylic acids is 1. The second-order valence-corrected chi connectivity index (χ2v) is 5.22. The van der Waals surface area contributed by atoms with Gasteiger partial charge in [-0.2, -0.15) is 0 Å². The predicted molar refractivity (Wildman–Crippen MR) is 73.2 cm³/mol. The zero-order valence-corrected chi connectivity index (χ0v) is 12.2. The zero-order chi connectivity index (χ0) is 15.3. The molecule has 5 heteroatoms. The molecule has 0 saturated heterocycles. The minimum Gasteiger partial charge on any atom is -0.548 e. The number of aryl methyl sites for hydroxylation is 2. The topological polar surface area (TPSA) is 78.5 Å². The summed E-state index contributed by atoms with van der Waals surface area (Å²) in [5, 5.41) is 13.3. The average molecular weight is 278 g/mol. The summed E-state index contributed by atoms with van der Waals surface area (Å²) in [4.78, 5) is 22.6. The van der Waals surface area contributed by atoms with Crippen molar-refractivity contribution in [1.82, 2.24) is 5.32 Å². The van der Waals surface area contributed by atoms with E-state index in [1.807, 2.05) is 32.0 Å². The lowest BCUT2D eigenvalue weighted by Gasteiger charge is -2.23. The number of ether oxygens (including phenoxy) is 1. The van der Waals surface area contributed by atoms with Crippen molar-refractivity contribution < 1.29 is 19.4 Å². The van der Waals surface area contributed by atoms with Crippen LogP contribution in [0.25, 0.3) is 0 Å². The fourth-order valence-corrected chi connectivity index (χ4v) is 1.88. The molecule has 5 nitrogen and oxygen atoms in total. The molecule has 0 bridgehead atoms. The van der Waals surface area contributed by atoms with Crippen LogP contribution in [0.2, 0.25) is 0 Å². The second kappa shape index (κ2) is 6.93. The average Bonchev–Trinajstić information content (AvgIpc) is 2.31. The maximum atomic E-state index is 11.7. The first-order chi connectivity index (χ1) is 9.29. The summed E-state index contributed by atoms with van der Waals surface area (Å²) in [7, 11) is 0. The highest BCUT2D eigenvalue weighted by molar-refractivity contribution is 5.83. The normalized spacial score (nSPS) is 12.1. The van der Waals surface area contributed by atoms with Crippen LogP contribution in [0, 0.1) is 19.8 Å². The van der Waals surface area contributed by atoms with Gasteiger partial charge in [-0.15, -0.1) is 0 Å². The van der Waals surface area contributed by atoms with Gasteiger partial charge in [-0.05, 0) is 43.0 Å². The SMILES string of the molecule is Cc1cc(C)cc(OCC(=O)N[C@H](C(=O)[O-])C(C)C)c1. The van der Waals surface area contributed by atoms with Crippen molar-refractivity contribution in [2.45, 2.75) is 33.7 Å². The van der Waals surface area contributed by atoms with Gasteiger partial charge in [0.15, 0.2) is 6.61 Å². The van der Waals surface area contributed by atoms with Gasteiger partial charge in [0, 0.05) is 0 Å². The molecule has 0 aliphatic heterocycles. The second-order valence-electron chi connectivity index (χ2n) is 5.22. The van der Waals surface area contributed by atoms with Gasteiger partial charge in [-0.25, -0.2) is 0 Å². The quantitative estimate of drug-likeness (QED) is 0.825. The molecule has 1 aromatic rings. The van der Waals surface area contributed by atoms with Crippen molar-refractivity contribution in [2.75, 3.05) is 6.61 Å². The number of aliphatic carboxylic acids is 1. The van der Waals surface area contributed by atoms with E-state index in [1.165, 1.54) is 0 Å². The third-order valence-corrected chi connectivity index (χ3v) is 2.80. The first kappa shape index (κ1) is 16.0. The van der Waals surface area contributed by atoms with Gasteiger partial charge < -0.3 is 20.0 Å². The molecule has 0 radical (unpaired) electrons. The maximum absolute atomic E-state index is 11.7. The molecule has 1 N–H and O–H groups in total. The van der Waals surface area contributed by atoms with Gasteiger partial charge in [-0.1, -0.05) is 19.9 Å².